The monoisotopic (exact) mass is 323 g/mol. The Morgan fingerprint density at radius 1 is 0.875 bits per heavy atom. The van der Waals surface area contributed by atoms with E-state index in [1.54, 1.807) is 0 Å². The van der Waals surface area contributed by atoms with E-state index >= 15 is 0 Å². The summed E-state index contributed by atoms with van der Waals surface area (Å²) in [6, 6.07) is 19.8. The predicted molar refractivity (Wildman–Crippen MR) is 98.1 cm³/mol. The zero-order valence-corrected chi connectivity index (χ0v) is 14.1. The summed E-state index contributed by atoms with van der Waals surface area (Å²) in [5.74, 6) is 0.774. The van der Waals surface area contributed by atoms with Crippen LogP contribution in [-0.2, 0) is 0 Å². The van der Waals surface area contributed by atoms with Crippen molar-refractivity contribution in [3.8, 4) is 0 Å². The number of amides is 2. The molecule has 0 unspecified atom stereocenters. The first-order valence-corrected chi connectivity index (χ1v) is 8.70. The summed E-state index contributed by atoms with van der Waals surface area (Å²) >= 11 is 0. The van der Waals surface area contributed by atoms with E-state index in [2.05, 4.69) is 17.7 Å². The second kappa shape index (κ2) is 7.86. The number of nitrogens with one attached hydrogen (secondary N) is 2. The lowest BCUT2D eigenvalue weighted by Crippen LogP contribution is -2.49. The number of carbonyl (C=O) groups excluding carboxylic acids is 1. The molecule has 2 amide bonds. The number of nitrogens with zero attached hydrogens (tertiary/aromatic N) is 1. The molecule has 1 fully saturated rings. The zero-order valence-electron chi connectivity index (χ0n) is 14.1. The van der Waals surface area contributed by atoms with Gasteiger partial charge in [0.1, 0.15) is 0 Å². The van der Waals surface area contributed by atoms with Crippen molar-refractivity contribution in [3.63, 3.8) is 0 Å². The minimum absolute atomic E-state index is 0.151. The molecule has 126 valence electrons. The highest BCUT2D eigenvalue weighted by Crippen LogP contribution is 2.24. The fourth-order valence-corrected chi connectivity index (χ4v) is 3.16. The first-order valence-electron chi connectivity index (χ1n) is 8.70. The molecule has 1 aliphatic rings. The molecule has 0 heterocycles. The lowest BCUT2D eigenvalue weighted by atomic mass is 9.87. The molecule has 0 radical (unpaired) electrons. The van der Waals surface area contributed by atoms with Crippen molar-refractivity contribution in [1.29, 1.82) is 0 Å². The molecule has 0 saturated heterocycles. The maximum Gasteiger partial charge on any atom is 0.334 e. The Bertz CT molecular complexity index is 597. The van der Waals surface area contributed by atoms with E-state index in [0.717, 1.165) is 30.1 Å². The molecule has 2 aromatic rings. The second-order valence-electron chi connectivity index (χ2n) is 6.55. The molecular weight excluding hydrogens is 298 g/mol. The summed E-state index contributed by atoms with van der Waals surface area (Å²) in [6.45, 7) is 2.28. The molecule has 4 nitrogen and oxygen atoms in total. The van der Waals surface area contributed by atoms with Gasteiger partial charge in [-0.15, -0.1) is 0 Å². The Morgan fingerprint density at radius 3 is 1.88 bits per heavy atom. The van der Waals surface area contributed by atoms with E-state index < -0.39 is 0 Å². The minimum Gasteiger partial charge on any atom is -0.334 e. The first kappa shape index (κ1) is 16.4. The van der Waals surface area contributed by atoms with Crippen molar-refractivity contribution in [3.05, 3.63) is 60.7 Å². The van der Waals surface area contributed by atoms with Gasteiger partial charge >= 0.3 is 6.03 Å². The Hall–Kier alpha value is -2.49. The number of carbonyl (C=O) groups is 1. The average Bonchev–Trinajstić information content (AvgIpc) is 2.63. The van der Waals surface area contributed by atoms with Gasteiger partial charge in [-0.05, 0) is 55.9 Å². The molecule has 1 saturated carbocycles. The van der Waals surface area contributed by atoms with Gasteiger partial charge in [-0.25, -0.2) is 10.2 Å². The third-order valence-electron chi connectivity index (χ3n) is 4.59. The summed E-state index contributed by atoms with van der Waals surface area (Å²) in [6.07, 6.45) is 4.49. The lowest BCUT2D eigenvalue weighted by molar-refractivity contribution is 0.228. The maximum atomic E-state index is 12.5. The van der Waals surface area contributed by atoms with Crippen LogP contribution in [-0.4, -0.2) is 12.1 Å². The van der Waals surface area contributed by atoms with Crippen LogP contribution in [0.25, 0.3) is 0 Å². The van der Waals surface area contributed by atoms with Crippen LogP contribution in [0.4, 0.5) is 16.2 Å². The summed E-state index contributed by atoms with van der Waals surface area (Å²) in [5.41, 5.74) is 4.85. The van der Waals surface area contributed by atoms with Crippen LogP contribution in [0.3, 0.4) is 0 Å². The highest BCUT2D eigenvalue weighted by atomic mass is 16.2. The largest absolute Gasteiger partial charge is 0.334 e. The lowest BCUT2D eigenvalue weighted by Gasteiger charge is -2.30. The molecule has 0 atom stereocenters. The van der Waals surface area contributed by atoms with E-state index in [1.807, 2.05) is 65.7 Å². The number of para-hydroxylation sites is 2. The standard InChI is InChI=1S/C20H25N3O/c1-16-12-14-17(15-13-16)21-20(24)22-23(18-8-4-2-5-9-18)19-10-6-3-7-11-19/h2-11,16-17H,12-15H2,1H3,(H2,21,22,24). The molecule has 0 spiro atoms. The van der Waals surface area contributed by atoms with Crippen molar-refractivity contribution >= 4 is 17.4 Å². The van der Waals surface area contributed by atoms with Crippen LogP contribution in [0.2, 0.25) is 0 Å². The first-order chi connectivity index (χ1) is 11.7. The molecule has 24 heavy (non-hydrogen) atoms. The number of hydrogen-bond donors (Lipinski definition) is 2. The third kappa shape index (κ3) is 4.28. The number of anilines is 2. The van der Waals surface area contributed by atoms with Crippen molar-refractivity contribution in [2.24, 2.45) is 5.92 Å². The number of hydrazine groups is 1. The molecule has 2 aromatic carbocycles. The van der Waals surface area contributed by atoms with Crippen molar-refractivity contribution < 1.29 is 4.79 Å². The Balaban J connectivity index is 1.69. The Labute approximate surface area is 143 Å². The van der Waals surface area contributed by atoms with Crippen LogP contribution < -0.4 is 15.8 Å². The molecule has 0 aliphatic heterocycles. The van der Waals surface area contributed by atoms with E-state index in [-0.39, 0.29) is 12.1 Å². The quantitative estimate of drug-likeness (QED) is 0.807. The van der Waals surface area contributed by atoms with Crippen LogP contribution in [0.5, 0.6) is 0 Å². The molecule has 4 heteroatoms. The second-order valence-corrected chi connectivity index (χ2v) is 6.55. The molecule has 0 aromatic heterocycles. The van der Waals surface area contributed by atoms with E-state index in [0.29, 0.717) is 0 Å². The van der Waals surface area contributed by atoms with Gasteiger partial charge in [0.25, 0.3) is 0 Å². The fourth-order valence-electron chi connectivity index (χ4n) is 3.16. The van der Waals surface area contributed by atoms with E-state index in [9.17, 15) is 4.79 Å². The van der Waals surface area contributed by atoms with Crippen LogP contribution in [0, 0.1) is 5.92 Å². The summed E-state index contributed by atoms with van der Waals surface area (Å²) < 4.78 is 0. The van der Waals surface area contributed by atoms with Gasteiger partial charge in [-0.3, -0.25) is 5.01 Å². The molecule has 2 N–H and O–H groups in total. The predicted octanol–water partition coefficient (Wildman–Crippen LogP) is 4.62. The van der Waals surface area contributed by atoms with E-state index in [1.165, 1.54) is 12.8 Å². The smallest absolute Gasteiger partial charge is 0.334 e. The van der Waals surface area contributed by atoms with Gasteiger partial charge < -0.3 is 5.32 Å². The van der Waals surface area contributed by atoms with Gasteiger partial charge in [0.05, 0.1) is 11.4 Å². The van der Waals surface area contributed by atoms with Gasteiger partial charge in [-0.1, -0.05) is 43.3 Å². The number of rotatable bonds is 4. The Morgan fingerprint density at radius 2 is 1.38 bits per heavy atom. The van der Waals surface area contributed by atoms with Gasteiger partial charge in [-0.2, -0.15) is 0 Å². The minimum atomic E-state index is -0.151. The van der Waals surface area contributed by atoms with Crippen molar-refractivity contribution in [2.45, 2.75) is 38.6 Å². The fraction of sp³-hybridized carbons (Fsp3) is 0.350. The van der Waals surface area contributed by atoms with Crippen LogP contribution in [0.15, 0.2) is 60.7 Å². The van der Waals surface area contributed by atoms with Crippen LogP contribution >= 0.6 is 0 Å². The highest BCUT2D eigenvalue weighted by Gasteiger charge is 2.21. The molecule has 1 aliphatic carbocycles. The summed E-state index contributed by atoms with van der Waals surface area (Å²) in [5, 5.41) is 4.94. The average molecular weight is 323 g/mol. The summed E-state index contributed by atoms with van der Waals surface area (Å²) in [7, 11) is 0. The Kier molecular flexibility index (Phi) is 5.36. The van der Waals surface area contributed by atoms with E-state index in [4.69, 9.17) is 0 Å². The van der Waals surface area contributed by atoms with Crippen molar-refractivity contribution in [2.75, 3.05) is 5.01 Å². The SMILES string of the molecule is CC1CCC(NC(=O)NN(c2ccccc2)c2ccccc2)CC1. The maximum absolute atomic E-state index is 12.5. The normalized spacial score (nSPS) is 20.2. The summed E-state index contributed by atoms with van der Waals surface area (Å²) in [4.78, 5) is 12.5. The van der Waals surface area contributed by atoms with Gasteiger partial charge in [0.2, 0.25) is 0 Å². The number of urea groups is 1. The molecular formula is C20H25N3O. The number of hydrogen-bond acceptors (Lipinski definition) is 2. The zero-order chi connectivity index (χ0) is 16.8. The topological polar surface area (TPSA) is 44.4 Å². The number of benzene rings is 2. The highest BCUT2D eigenvalue weighted by molar-refractivity contribution is 5.79. The van der Waals surface area contributed by atoms with Crippen molar-refractivity contribution in [1.82, 2.24) is 10.7 Å². The van der Waals surface area contributed by atoms with Gasteiger partial charge in [0.15, 0.2) is 0 Å². The van der Waals surface area contributed by atoms with Crippen LogP contribution in [0.1, 0.15) is 32.6 Å². The third-order valence-corrected chi connectivity index (χ3v) is 4.59. The molecule has 0 bridgehead atoms. The van der Waals surface area contributed by atoms with Gasteiger partial charge in [0, 0.05) is 6.04 Å². The molecule has 3 rings (SSSR count).